The highest BCUT2D eigenvalue weighted by atomic mass is 32.1. The van der Waals surface area contributed by atoms with Gasteiger partial charge < -0.3 is 19.3 Å². The fourth-order valence-corrected chi connectivity index (χ4v) is 3.14. The lowest BCUT2D eigenvalue weighted by atomic mass is 9.79. The first-order chi connectivity index (χ1) is 14.7. The van der Waals surface area contributed by atoms with Gasteiger partial charge >= 0.3 is 12.1 Å². The Morgan fingerprint density at radius 3 is 2.42 bits per heavy atom. The minimum atomic E-state index is -0.732. The molecular formula is C23H29NO6S. The van der Waals surface area contributed by atoms with Crippen LogP contribution in [0, 0.1) is 12.3 Å². The Labute approximate surface area is 188 Å². The molecule has 2 aromatic rings. The van der Waals surface area contributed by atoms with E-state index in [0.717, 1.165) is 5.56 Å². The van der Waals surface area contributed by atoms with E-state index in [1.54, 1.807) is 24.3 Å². The van der Waals surface area contributed by atoms with Crippen molar-refractivity contribution >= 4 is 30.4 Å². The number of aromatic hydroxyl groups is 1. The number of anilines is 1. The van der Waals surface area contributed by atoms with Crippen molar-refractivity contribution in [2.45, 2.75) is 33.3 Å². The summed E-state index contributed by atoms with van der Waals surface area (Å²) in [6.07, 6.45) is -0.948. The van der Waals surface area contributed by atoms with Crippen molar-refractivity contribution in [2.75, 3.05) is 24.8 Å². The van der Waals surface area contributed by atoms with Gasteiger partial charge in [-0.2, -0.15) is 12.6 Å². The highest BCUT2D eigenvalue weighted by Crippen LogP contribution is 2.42. The third-order valence-corrected chi connectivity index (χ3v) is 5.14. The van der Waals surface area contributed by atoms with E-state index < -0.39 is 23.6 Å². The van der Waals surface area contributed by atoms with Gasteiger partial charge in [0.05, 0.1) is 19.5 Å². The Morgan fingerprint density at radius 1 is 1.16 bits per heavy atom. The maximum absolute atomic E-state index is 12.6. The van der Waals surface area contributed by atoms with E-state index in [2.05, 4.69) is 17.9 Å². The van der Waals surface area contributed by atoms with Crippen LogP contribution in [0.2, 0.25) is 0 Å². The maximum atomic E-state index is 12.6. The number of carbonyl (C=O) groups is 2. The molecule has 0 aromatic heterocycles. The van der Waals surface area contributed by atoms with Gasteiger partial charge in [-0.05, 0) is 43.2 Å². The fourth-order valence-electron chi connectivity index (χ4n) is 3.04. The van der Waals surface area contributed by atoms with Crippen molar-refractivity contribution in [3.8, 4) is 11.5 Å². The molecule has 0 radical (unpaired) electrons. The molecule has 1 atom stereocenters. The minimum absolute atomic E-state index is 0.00827. The molecule has 0 saturated heterocycles. The van der Waals surface area contributed by atoms with Crippen LogP contribution in [-0.2, 0) is 14.3 Å². The summed E-state index contributed by atoms with van der Waals surface area (Å²) >= 11 is 3.90. The average Bonchev–Trinajstić information content (AvgIpc) is 2.73. The summed E-state index contributed by atoms with van der Waals surface area (Å²) < 4.78 is 16.0. The summed E-state index contributed by atoms with van der Waals surface area (Å²) in [6.45, 7) is 5.89. The third kappa shape index (κ3) is 7.10. The monoisotopic (exact) mass is 447 g/mol. The Kier molecular flexibility index (Phi) is 8.62. The lowest BCUT2D eigenvalue weighted by Gasteiger charge is -2.34. The standard InChI is InChI=1S/C23H29NO6S/c1-15-5-8-17(9-6-15)24-22(27)30-21(16-7-10-19(28-4)18(25)13-16)23(2,3)11-12-29-20(26)14-31/h5-10,13,21,25,31H,11-12,14H2,1-4H3,(H,24,27)/t21-/m1/s1. The second-order valence-corrected chi connectivity index (χ2v) is 8.14. The van der Waals surface area contributed by atoms with E-state index in [-0.39, 0.29) is 18.1 Å². The number of nitrogens with one attached hydrogen (secondary N) is 1. The van der Waals surface area contributed by atoms with Crippen LogP contribution in [-0.4, -0.2) is 36.6 Å². The van der Waals surface area contributed by atoms with E-state index in [1.807, 2.05) is 32.9 Å². The SMILES string of the molecule is COc1ccc([C@@H](OC(=O)Nc2ccc(C)cc2)C(C)(C)CCOC(=O)CS)cc1O. The number of esters is 1. The van der Waals surface area contributed by atoms with Crippen molar-refractivity contribution in [1.82, 2.24) is 0 Å². The number of hydrogen-bond acceptors (Lipinski definition) is 7. The molecule has 0 bridgehead atoms. The van der Waals surface area contributed by atoms with E-state index in [4.69, 9.17) is 14.2 Å². The molecule has 0 aliphatic carbocycles. The second-order valence-electron chi connectivity index (χ2n) is 7.82. The molecule has 31 heavy (non-hydrogen) atoms. The first-order valence-electron chi connectivity index (χ1n) is 9.84. The molecule has 7 nitrogen and oxygen atoms in total. The van der Waals surface area contributed by atoms with Gasteiger partial charge in [-0.25, -0.2) is 4.79 Å². The van der Waals surface area contributed by atoms with Gasteiger partial charge in [-0.1, -0.05) is 37.6 Å². The summed E-state index contributed by atoms with van der Waals surface area (Å²) in [4.78, 5) is 24.1. The van der Waals surface area contributed by atoms with Gasteiger partial charge in [0.1, 0.15) is 6.10 Å². The highest BCUT2D eigenvalue weighted by Gasteiger charge is 2.35. The normalized spacial score (nSPS) is 12.0. The van der Waals surface area contributed by atoms with Crippen LogP contribution >= 0.6 is 12.6 Å². The molecule has 2 rings (SSSR count). The average molecular weight is 448 g/mol. The Bertz CT molecular complexity index is 897. The first-order valence-corrected chi connectivity index (χ1v) is 10.5. The molecule has 0 aliphatic heterocycles. The van der Waals surface area contributed by atoms with Crippen LogP contribution in [0.25, 0.3) is 0 Å². The highest BCUT2D eigenvalue weighted by molar-refractivity contribution is 7.81. The number of amides is 1. The summed E-state index contributed by atoms with van der Waals surface area (Å²) in [7, 11) is 1.46. The molecule has 2 N–H and O–H groups in total. The zero-order chi connectivity index (χ0) is 23.0. The molecule has 0 heterocycles. The Morgan fingerprint density at radius 2 is 1.84 bits per heavy atom. The third-order valence-electron chi connectivity index (χ3n) is 4.88. The van der Waals surface area contributed by atoms with Crippen LogP contribution in [0.3, 0.4) is 0 Å². The van der Waals surface area contributed by atoms with Crippen molar-refractivity contribution in [3.05, 3.63) is 53.6 Å². The lowest BCUT2D eigenvalue weighted by Crippen LogP contribution is -2.30. The topological polar surface area (TPSA) is 94.1 Å². The van der Waals surface area contributed by atoms with Gasteiger partial charge in [-0.15, -0.1) is 0 Å². The van der Waals surface area contributed by atoms with E-state index in [0.29, 0.717) is 23.4 Å². The number of benzene rings is 2. The van der Waals surface area contributed by atoms with E-state index in [1.165, 1.54) is 13.2 Å². The molecule has 8 heteroatoms. The van der Waals surface area contributed by atoms with Crippen molar-refractivity contribution < 1.29 is 28.9 Å². The largest absolute Gasteiger partial charge is 0.504 e. The molecule has 2 aromatic carbocycles. The van der Waals surface area contributed by atoms with E-state index in [9.17, 15) is 14.7 Å². The molecule has 0 saturated carbocycles. The van der Waals surface area contributed by atoms with Crippen molar-refractivity contribution in [1.29, 1.82) is 0 Å². The number of phenols is 1. The molecule has 0 unspecified atom stereocenters. The second kappa shape index (κ2) is 10.9. The van der Waals surface area contributed by atoms with Gasteiger partial charge in [-0.3, -0.25) is 10.1 Å². The smallest absolute Gasteiger partial charge is 0.412 e. The number of thiol groups is 1. The van der Waals surface area contributed by atoms with E-state index >= 15 is 0 Å². The maximum Gasteiger partial charge on any atom is 0.412 e. The quantitative estimate of drug-likeness (QED) is 0.374. The summed E-state index contributed by atoms with van der Waals surface area (Å²) in [5, 5.41) is 12.9. The van der Waals surface area contributed by atoms with Crippen LogP contribution < -0.4 is 10.1 Å². The molecule has 0 aliphatic rings. The fraction of sp³-hybridized carbons (Fsp3) is 0.391. The Balaban J connectivity index is 2.23. The summed E-state index contributed by atoms with van der Waals surface area (Å²) in [5.41, 5.74) is 1.64. The van der Waals surface area contributed by atoms with Crippen LogP contribution in [0.1, 0.15) is 37.5 Å². The number of aryl methyl sites for hydroxylation is 1. The van der Waals surface area contributed by atoms with Crippen LogP contribution in [0.15, 0.2) is 42.5 Å². The van der Waals surface area contributed by atoms with Crippen LogP contribution in [0.4, 0.5) is 10.5 Å². The van der Waals surface area contributed by atoms with Gasteiger partial charge in [0.2, 0.25) is 0 Å². The number of hydrogen-bond donors (Lipinski definition) is 3. The molecule has 0 spiro atoms. The van der Waals surface area contributed by atoms with Gasteiger partial charge in [0.25, 0.3) is 0 Å². The molecule has 168 valence electrons. The summed E-state index contributed by atoms with van der Waals surface area (Å²) in [5.74, 6) is -0.182. The Hall–Kier alpha value is -2.87. The van der Waals surface area contributed by atoms with Crippen molar-refractivity contribution in [3.63, 3.8) is 0 Å². The summed E-state index contributed by atoms with van der Waals surface area (Å²) in [6, 6.07) is 12.2. The molecular weight excluding hydrogens is 418 g/mol. The lowest BCUT2D eigenvalue weighted by molar-refractivity contribution is -0.141. The zero-order valence-corrected chi connectivity index (χ0v) is 19.1. The zero-order valence-electron chi connectivity index (χ0n) is 18.2. The minimum Gasteiger partial charge on any atom is -0.504 e. The van der Waals surface area contributed by atoms with Gasteiger partial charge in [0.15, 0.2) is 11.5 Å². The van der Waals surface area contributed by atoms with Crippen LogP contribution in [0.5, 0.6) is 11.5 Å². The number of carbonyl (C=O) groups excluding carboxylic acids is 2. The molecule has 1 amide bonds. The number of rotatable bonds is 9. The van der Waals surface area contributed by atoms with Gasteiger partial charge in [0, 0.05) is 11.1 Å². The molecule has 0 fully saturated rings. The predicted molar refractivity (Wildman–Crippen MR) is 122 cm³/mol. The first kappa shape index (κ1) is 24.4. The predicted octanol–water partition coefficient (Wildman–Crippen LogP) is 4.89. The number of phenolic OH excluding ortho intramolecular Hbond substituents is 1. The van der Waals surface area contributed by atoms with Crippen molar-refractivity contribution in [2.24, 2.45) is 5.41 Å². The number of methoxy groups -OCH3 is 1. The number of ether oxygens (including phenoxy) is 3.